The molecule has 1 aromatic heterocycles. The highest BCUT2D eigenvalue weighted by Gasteiger charge is 2.23. The highest BCUT2D eigenvalue weighted by atomic mass is 16.1. The largest absolute Gasteiger partial charge is 0.352 e. The molecule has 1 aliphatic rings. The van der Waals surface area contributed by atoms with Crippen LogP contribution in [0.4, 0.5) is 0 Å². The second kappa shape index (κ2) is 7.42. The number of imidazole rings is 1. The zero-order valence-electron chi connectivity index (χ0n) is 13.6. The number of hydrogen-bond donors (Lipinski definition) is 1. The summed E-state index contributed by atoms with van der Waals surface area (Å²) in [6.07, 6.45) is 7.66. The number of aromatic nitrogens is 2. The van der Waals surface area contributed by atoms with Crippen molar-refractivity contribution < 1.29 is 4.79 Å². The number of amides is 1. The molecule has 0 bridgehead atoms. The lowest BCUT2D eigenvalue weighted by molar-refractivity contribution is -0.126. The van der Waals surface area contributed by atoms with Crippen molar-refractivity contribution in [2.24, 2.45) is 5.92 Å². The Bertz CT molecular complexity index is 621. The van der Waals surface area contributed by atoms with Crippen LogP contribution in [0.1, 0.15) is 24.0 Å². The minimum Gasteiger partial charge on any atom is -0.352 e. The zero-order chi connectivity index (χ0) is 16.1. The van der Waals surface area contributed by atoms with Crippen molar-refractivity contribution in [3.05, 3.63) is 54.1 Å². The fourth-order valence-electron chi connectivity index (χ4n) is 3.07. The number of benzene rings is 1. The van der Waals surface area contributed by atoms with E-state index in [1.165, 1.54) is 5.56 Å². The van der Waals surface area contributed by atoms with Crippen molar-refractivity contribution in [2.75, 3.05) is 20.1 Å². The van der Waals surface area contributed by atoms with Crippen molar-refractivity contribution in [2.45, 2.75) is 25.9 Å². The monoisotopic (exact) mass is 312 g/mol. The summed E-state index contributed by atoms with van der Waals surface area (Å²) in [4.78, 5) is 18.5. The van der Waals surface area contributed by atoms with Gasteiger partial charge in [0.1, 0.15) is 0 Å². The van der Waals surface area contributed by atoms with E-state index in [-0.39, 0.29) is 11.8 Å². The molecule has 2 aromatic rings. The number of piperidine rings is 1. The van der Waals surface area contributed by atoms with E-state index in [1.54, 1.807) is 6.20 Å². The van der Waals surface area contributed by atoms with Crippen molar-refractivity contribution in [3.63, 3.8) is 0 Å². The summed E-state index contributed by atoms with van der Waals surface area (Å²) < 4.78 is 2.04. The van der Waals surface area contributed by atoms with E-state index in [4.69, 9.17) is 0 Å². The Morgan fingerprint density at radius 2 is 2.09 bits per heavy atom. The van der Waals surface area contributed by atoms with Gasteiger partial charge in [0.05, 0.1) is 12.2 Å². The molecule has 1 atom stereocenters. The summed E-state index contributed by atoms with van der Waals surface area (Å²) in [5.74, 6) is 0.313. The molecular weight excluding hydrogens is 288 g/mol. The third-order valence-corrected chi connectivity index (χ3v) is 4.41. The highest BCUT2D eigenvalue weighted by molar-refractivity contribution is 5.78. The first-order chi connectivity index (χ1) is 11.2. The number of hydrogen-bond acceptors (Lipinski definition) is 3. The van der Waals surface area contributed by atoms with Gasteiger partial charge in [-0.05, 0) is 37.6 Å². The van der Waals surface area contributed by atoms with Gasteiger partial charge < -0.3 is 14.8 Å². The quantitative estimate of drug-likeness (QED) is 0.917. The molecule has 23 heavy (non-hydrogen) atoms. The van der Waals surface area contributed by atoms with Gasteiger partial charge in [-0.3, -0.25) is 4.79 Å². The molecule has 1 aliphatic heterocycles. The predicted molar refractivity (Wildman–Crippen MR) is 89.8 cm³/mol. The van der Waals surface area contributed by atoms with Gasteiger partial charge in [-0.25, -0.2) is 4.98 Å². The summed E-state index contributed by atoms with van der Waals surface area (Å²) in [7, 11) is 2.08. The van der Waals surface area contributed by atoms with Crippen molar-refractivity contribution in [1.29, 1.82) is 0 Å². The third-order valence-electron chi connectivity index (χ3n) is 4.41. The summed E-state index contributed by atoms with van der Waals surface area (Å²) in [6.45, 7) is 3.39. The van der Waals surface area contributed by atoms with Gasteiger partial charge in [0.2, 0.25) is 5.91 Å². The standard InChI is InChI=1S/C18H24N4O/c1-21-9-2-3-17(13-21)18(23)20-11-15-4-6-16(7-5-15)12-22-10-8-19-14-22/h4-8,10,14,17H,2-3,9,11-13H2,1H3,(H,20,23)/t17-/m0/s1. The SMILES string of the molecule is CN1CCC[C@H](C(=O)NCc2ccc(Cn3ccnc3)cc2)C1. The number of carbonyl (C=O) groups is 1. The Morgan fingerprint density at radius 3 is 2.78 bits per heavy atom. The molecule has 1 saturated heterocycles. The second-order valence-corrected chi connectivity index (χ2v) is 6.37. The van der Waals surface area contributed by atoms with E-state index in [0.717, 1.165) is 38.0 Å². The Labute approximate surface area is 137 Å². The molecule has 0 saturated carbocycles. The third kappa shape index (κ3) is 4.42. The van der Waals surface area contributed by atoms with Crippen LogP contribution in [0.5, 0.6) is 0 Å². The molecule has 122 valence electrons. The molecule has 1 aromatic carbocycles. The Kier molecular flexibility index (Phi) is 5.08. The van der Waals surface area contributed by atoms with Gasteiger partial charge in [-0.15, -0.1) is 0 Å². The molecule has 5 heteroatoms. The van der Waals surface area contributed by atoms with Crippen LogP contribution in [0, 0.1) is 5.92 Å². The molecule has 5 nitrogen and oxygen atoms in total. The van der Waals surface area contributed by atoms with E-state index in [0.29, 0.717) is 6.54 Å². The Balaban J connectivity index is 1.49. The average Bonchev–Trinajstić information content (AvgIpc) is 3.07. The van der Waals surface area contributed by atoms with Crippen LogP contribution in [0.25, 0.3) is 0 Å². The van der Waals surface area contributed by atoms with Crippen LogP contribution in [0.15, 0.2) is 43.0 Å². The van der Waals surface area contributed by atoms with Gasteiger partial charge in [0.25, 0.3) is 0 Å². The van der Waals surface area contributed by atoms with Crippen molar-refractivity contribution in [1.82, 2.24) is 19.8 Å². The maximum Gasteiger partial charge on any atom is 0.224 e. The van der Waals surface area contributed by atoms with E-state index < -0.39 is 0 Å². The summed E-state index contributed by atoms with van der Waals surface area (Å²) in [5.41, 5.74) is 2.36. The molecular formula is C18H24N4O. The average molecular weight is 312 g/mol. The van der Waals surface area contributed by atoms with Gasteiger partial charge in [0.15, 0.2) is 0 Å². The fourth-order valence-corrected chi connectivity index (χ4v) is 3.07. The van der Waals surface area contributed by atoms with E-state index in [9.17, 15) is 4.79 Å². The van der Waals surface area contributed by atoms with Gasteiger partial charge in [0, 0.05) is 32.0 Å². The maximum atomic E-state index is 12.2. The van der Waals surface area contributed by atoms with Crippen LogP contribution in [0.3, 0.4) is 0 Å². The minimum atomic E-state index is 0.134. The number of carbonyl (C=O) groups excluding carboxylic acids is 1. The smallest absolute Gasteiger partial charge is 0.224 e. The lowest BCUT2D eigenvalue weighted by Gasteiger charge is -2.28. The Hall–Kier alpha value is -2.14. The molecule has 1 N–H and O–H groups in total. The summed E-state index contributed by atoms with van der Waals surface area (Å²) >= 11 is 0. The molecule has 3 rings (SSSR count). The first-order valence-corrected chi connectivity index (χ1v) is 8.20. The van der Waals surface area contributed by atoms with Crippen LogP contribution in [-0.4, -0.2) is 40.5 Å². The lowest BCUT2D eigenvalue weighted by atomic mass is 9.97. The van der Waals surface area contributed by atoms with Gasteiger partial charge in [-0.1, -0.05) is 24.3 Å². The molecule has 0 spiro atoms. The van der Waals surface area contributed by atoms with Crippen molar-refractivity contribution >= 4 is 5.91 Å². The zero-order valence-corrected chi connectivity index (χ0v) is 13.6. The van der Waals surface area contributed by atoms with Crippen LogP contribution >= 0.6 is 0 Å². The molecule has 0 unspecified atom stereocenters. The topological polar surface area (TPSA) is 50.2 Å². The highest BCUT2D eigenvalue weighted by Crippen LogP contribution is 2.15. The molecule has 1 amide bonds. The number of nitrogens with one attached hydrogen (secondary N) is 1. The molecule has 0 radical (unpaired) electrons. The second-order valence-electron chi connectivity index (χ2n) is 6.37. The predicted octanol–water partition coefficient (Wildman–Crippen LogP) is 1.89. The maximum absolute atomic E-state index is 12.2. The van der Waals surface area contributed by atoms with E-state index >= 15 is 0 Å². The Morgan fingerprint density at radius 1 is 1.30 bits per heavy atom. The summed E-state index contributed by atoms with van der Waals surface area (Å²) in [5, 5.41) is 3.07. The van der Waals surface area contributed by atoms with E-state index in [1.807, 2.05) is 17.1 Å². The van der Waals surface area contributed by atoms with Crippen LogP contribution < -0.4 is 5.32 Å². The van der Waals surface area contributed by atoms with E-state index in [2.05, 4.69) is 46.5 Å². The minimum absolute atomic E-state index is 0.134. The number of nitrogens with zero attached hydrogens (tertiary/aromatic N) is 3. The first-order valence-electron chi connectivity index (χ1n) is 8.20. The van der Waals surface area contributed by atoms with Gasteiger partial charge >= 0.3 is 0 Å². The number of rotatable bonds is 5. The van der Waals surface area contributed by atoms with Gasteiger partial charge in [-0.2, -0.15) is 0 Å². The molecule has 1 fully saturated rings. The summed E-state index contributed by atoms with van der Waals surface area (Å²) in [6, 6.07) is 8.38. The van der Waals surface area contributed by atoms with Crippen LogP contribution in [-0.2, 0) is 17.9 Å². The first kappa shape index (κ1) is 15.7. The number of likely N-dealkylation sites (tertiary alicyclic amines) is 1. The fraction of sp³-hybridized carbons (Fsp3) is 0.444. The molecule has 0 aliphatic carbocycles. The van der Waals surface area contributed by atoms with Crippen molar-refractivity contribution in [3.8, 4) is 0 Å². The van der Waals surface area contributed by atoms with Crippen LogP contribution in [0.2, 0.25) is 0 Å². The normalized spacial score (nSPS) is 18.7. The lowest BCUT2D eigenvalue weighted by Crippen LogP contribution is -2.41. The molecule has 2 heterocycles.